The van der Waals surface area contributed by atoms with Crippen molar-refractivity contribution in [3.05, 3.63) is 88.6 Å². The Morgan fingerprint density at radius 3 is 2.63 bits per heavy atom. The molecule has 3 heteroatoms. The molecule has 0 saturated carbocycles. The number of aromatic nitrogens is 1. The molecule has 1 atom stereocenters. The van der Waals surface area contributed by atoms with Gasteiger partial charge in [0.05, 0.1) is 16.9 Å². The summed E-state index contributed by atoms with van der Waals surface area (Å²) in [5.41, 5.74) is 16.8. The van der Waals surface area contributed by atoms with Crippen LogP contribution in [0.2, 0.25) is 0 Å². The molecule has 2 heterocycles. The van der Waals surface area contributed by atoms with Crippen molar-refractivity contribution in [1.29, 1.82) is 0 Å². The van der Waals surface area contributed by atoms with Crippen molar-refractivity contribution >= 4 is 28.0 Å². The Bertz CT molecular complexity index is 1310. The standard InChI is InChI=1S/C32H37N3/c1-21(2)14-15-25-16-17-27-28(18-22(3)34-32(27)31(25)33)30-20-26(23-10-6-4-7-11-23)19-29(35-30)24-12-8-5-9-13-24/h5,8-10,12-13,16-19,21,26H,4,6-7,11,14-15,20,33H2,1-3H3. The summed E-state index contributed by atoms with van der Waals surface area (Å²) in [5, 5.41) is 1.12. The van der Waals surface area contributed by atoms with Crippen LogP contribution in [0.15, 0.2) is 71.2 Å². The number of allylic oxidation sites excluding steroid dienone is 3. The molecule has 0 saturated heterocycles. The second-order valence-corrected chi connectivity index (χ2v) is 10.6. The SMILES string of the molecule is Cc1cc(C2=NC(c3ccccc3)=CC(C3=CCCCC3)C2)c2ccc(CCC(C)C)c(N)c2n1. The van der Waals surface area contributed by atoms with Crippen molar-refractivity contribution in [1.82, 2.24) is 4.98 Å². The average molecular weight is 464 g/mol. The molecular formula is C32H37N3. The summed E-state index contributed by atoms with van der Waals surface area (Å²) in [4.78, 5) is 10.2. The summed E-state index contributed by atoms with van der Waals surface area (Å²) < 4.78 is 0. The van der Waals surface area contributed by atoms with Crippen LogP contribution < -0.4 is 5.73 Å². The zero-order chi connectivity index (χ0) is 24.4. The highest BCUT2D eigenvalue weighted by Gasteiger charge is 2.25. The van der Waals surface area contributed by atoms with E-state index in [1.807, 2.05) is 0 Å². The number of pyridine rings is 1. The summed E-state index contributed by atoms with van der Waals surface area (Å²) in [6, 6.07) is 17.2. The van der Waals surface area contributed by atoms with Crippen LogP contribution in [-0.4, -0.2) is 10.7 Å². The molecule has 35 heavy (non-hydrogen) atoms. The van der Waals surface area contributed by atoms with E-state index in [-0.39, 0.29) is 0 Å². The molecule has 1 aromatic heterocycles. The monoisotopic (exact) mass is 463 g/mol. The fraction of sp³-hybridized carbons (Fsp3) is 0.375. The van der Waals surface area contributed by atoms with Gasteiger partial charge in [0.15, 0.2) is 0 Å². The minimum Gasteiger partial charge on any atom is -0.397 e. The second-order valence-electron chi connectivity index (χ2n) is 10.6. The summed E-state index contributed by atoms with van der Waals surface area (Å²) in [6.45, 7) is 6.59. The molecule has 2 aromatic carbocycles. The topological polar surface area (TPSA) is 51.3 Å². The highest BCUT2D eigenvalue weighted by Crippen LogP contribution is 2.37. The first-order valence-electron chi connectivity index (χ1n) is 13.2. The number of nitrogens with two attached hydrogens (primary N) is 1. The molecule has 0 amide bonds. The fourth-order valence-corrected chi connectivity index (χ4v) is 5.45. The molecule has 0 fully saturated rings. The van der Waals surface area contributed by atoms with Gasteiger partial charge in [-0.2, -0.15) is 0 Å². The van der Waals surface area contributed by atoms with Crippen molar-refractivity contribution in [3.63, 3.8) is 0 Å². The first-order chi connectivity index (χ1) is 17.0. The van der Waals surface area contributed by atoms with Crippen molar-refractivity contribution in [2.45, 2.75) is 65.7 Å². The smallest absolute Gasteiger partial charge is 0.0943 e. The Morgan fingerprint density at radius 2 is 1.89 bits per heavy atom. The fourth-order valence-electron chi connectivity index (χ4n) is 5.45. The number of benzene rings is 2. The predicted octanol–water partition coefficient (Wildman–Crippen LogP) is 8.06. The third kappa shape index (κ3) is 5.10. The Morgan fingerprint density at radius 1 is 1.06 bits per heavy atom. The molecule has 0 spiro atoms. The van der Waals surface area contributed by atoms with Gasteiger partial charge in [-0.15, -0.1) is 0 Å². The number of hydrogen-bond acceptors (Lipinski definition) is 3. The van der Waals surface area contributed by atoms with Crippen molar-refractivity contribution in [3.8, 4) is 0 Å². The molecule has 1 aliphatic carbocycles. The van der Waals surface area contributed by atoms with Crippen LogP contribution in [0, 0.1) is 18.8 Å². The Hall–Kier alpha value is -3.20. The van der Waals surface area contributed by atoms with Crippen molar-refractivity contribution < 1.29 is 0 Å². The summed E-state index contributed by atoms with van der Waals surface area (Å²) >= 11 is 0. The van der Waals surface area contributed by atoms with E-state index in [0.29, 0.717) is 11.8 Å². The van der Waals surface area contributed by atoms with Gasteiger partial charge in [0.1, 0.15) is 0 Å². The Balaban J connectivity index is 1.61. The van der Waals surface area contributed by atoms with Gasteiger partial charge in [-0.3, -0.25) is 9.98 Å². The summed E-state index contributed by atoms with van der Waals surface area (Å²) in [7, 11) is 0. The lowest BCUT2D eigenvalue weighted by Crippen LogP contribution is -2.17. The van der Waals surface area contributed by atoms with E-state index >= 15 is 0 Å². The molecule has 2 aliphatic rings. The van der Waals surface area contributed by atoms with Crippen LogP contribution in [0.5, 0.6) is 0 Å². The predicted molar refractivity (Wildman–Crippen MR) is 150 cm³/mol. The lowest BCUT2D eigenvalue weighted by molar-refractivity contribution is 0.587. The number of fused-ring (bicyclic) bond motifs is 1. The number of rotatable bonds is 6. The van der Waals surface area contributed by atoms with Gasteiger partial charge < -0.3 is 5.73 Å². The van der Waals surface area contributed by atoms with Gasteiger partial charge >= 0.3 is 0 Å². The molecule has 0 radical (unpaired) electrons. The van der Waals surface area contributed by atoms with Crippen LogP contribution >= 0.6 is 0 Å². The van der Waals surface area contributed by atoms with E-state index in [0.717, 1.165) is 53.0 Å². The molecule has 1 aliphatic heterocycles. The van der Waals surface area contributed by atoms with E-state index in [9.17, 15) is 0 Å². The minimum absolute atomic E-state index is 0.393. The zero-order valence-electron chi connectivity index (χ0n) is 21.3. The molecule has 1 unspecified atom stereocenters. The van der Waals surface area contributed by atoms with Crippen LogP contribution in [0.25, 0.3) is 16.6 Å². The van der Waals surface area contributed by atoms with E-state index in [2.05, 4.69) is 81.5 Å². The molecule has 2 N–H and O–H groups in total. The minimum atomic E-state index is 0.393. The third-order valence-corrected chi connectivity index (χ3v) is 7.44. The van der Waals surface area contributed by atoms with Crippen LogP contribution in [0.3, 0.4) is 0 Å². The average Bonchev–Trinajstić information content (AvgIpc) is 2.89. The molecule has 0 bridgehead atoms. The number of aliphatic imine (C=N–C) groups is 1. The van der Waals surface area contributed by atoms with Crippen molar-refractivity contribution in [2.24, 2.45) is 16.8 Å². The second kappa shape index (κ2) is 10.2. The normalized spacial score (nSPS) is 18.4. The molecule has 3 nitrogen and oxygen atoms in total. The van der Waals surface area contributed by atoms with Gasteiger partial charge in [0.2, 0.25) is 0 Å². The first-order valence-corrected chi connectivity index (χ1v) is 13.2. The zero-order valence-corrected chi connectivity index (χ0v) is 21.3. The number of nitrogen functional groups attached to an aromatic ring is 1. The van der Waals surface area contributed by atoms with E-state index in [4.69, 9.17) is 15.7 Å². The van der Waals surface area contributed by atoms with Crippen LogP contribution in [0.1, 0.15) is 74.8 Å². The van der Waals surface area contributed by atoms with Gasteiger partial charge in [-0.05, 0) is 68.6 Å². The molecule has 3 aromatic rings. The number of hydrogen-bond donors (Lipinski definition) is 1. The maximum absolute atomic E-state index is 6.71. The van der Waals surface area contributed by atoms with Gasteiger partial charge in [-0.1, -0.05) is 74.0 Å². The Labute approximate surface area is 209 Å². The van der Waals surface area contributed by atoms with E-state index in [1.165, 1.54) is 42.4 Å². The van der Waals surface area contributed by atoms with Gasteiger partial charge in [0, 0.05) is 34.7 Å². The third-order valence-electron chi connectivity index (χ3n) is 7.44. The molecule has 5 rings (SSSR count). The maximum Gasteiger partial charge on any atom is 0.0943 e. The summed E-state index contributed by atoms with van der Waals surface area (Å²) in [5.74, 6) is 1.04. The first kappa shape index (κ1) is 23.5. The van der Waals surface area contributed by atoms with E-state index < -0.39 is 0 Å². The Kier molecular flexibility index (Phi) is 6.86. The number of aryl methyl sites for hydroxylation is 2. The highest BCUT2D eigenvalue weighted by atomic mass is 14.8. The highest BCUT2D eigenvalue weighted by molar-refractivity contribution is 6.14. The van der Waals surface area contributed by atoms with Crippen LogP contribution in [0.4, 0.5) is 5.69 Å². The largest absolute Gasteiger partial charge is 0.397 e. The maximum atomic E-state index is 6.71. The van der Waals surface area contributed by atoms with Gasteiger partial charge in [0.25, 0.3) is 0 Å². The molecule has 180 valence electrons. The van der Waals surface area contributed by atoms with Gasteiger partial charge in [-0.25, -0.2) is 0 Å². The lowest BCUT2D eigenvalue weighted by atomic mass is 9.82. The van der Waals surface area contributed by atoms with Crippen LogP contribution in [-0.2, 0) is 6.42 Å². The number of anilines is 1. The number of nitrogens with zero attached hydrogens (tertiary/aromatic N) is 2. The summed E-state index contributed by atoms with van der Waals surface area (Å²) in [6.07, 6.45) is 12.9. The molecular weight excluding hydrogens is 426 g/mol. The quantitative estimate of drug-likeness (QED) is 0.297. The van der Waals surface area contributed by atoms with E-state index in [1.54, 1.807) is 5.57 Å². The lowest BCUT2D eigenvalue weighted by Gasteiger charge is -2.26. The van der Waals surface area contributed by atoms with Crippen molar-refractivity contribution in [2.75, 3.05) is 5.73 Å².